The third-order valence-corrected chi connectivity index (χ3v) is 6.06. The largest absolute Gasteiger partial charge is 0.349 e. The minimum Gasteiger partial charge on any atom is -0.349 e. The lowest BCUT2D eigenvalue weighted by Crippen LogP contribution is -2.24. The molecule has 3 rings (SSSR count). The van der Waals surface area contributed by atoms with Crippen molar-refractivity contribution >= 4 is 28.4 Å². The Kier molecular flexibility index (Phi) is 6.39. The van der Waals surface area contributed by atoms with E-state index in [0.29, 0.717) is 22.6 Å². The lowest BCUT2D eigenvalue weighted by atomic mass is 10.2. The predicted octanol–water partition coefficient (Wildman–Crippen LogP) is 4.61. The molecule has 2 aromatic heterocycles. The van der Waals surface area contributed by atoms with E-state index in [-0.39, 0.29) is 17.1 Å². The van der Waals surface area contributed by atoms with E-state index in [1.807, 2.05) is 44.2 Å². The molecule has 148 valence electrons. The van der Waals surface area contributed by atoms with Gasteiger partial charge in [0.15, 0.2) is 10.9 Å². The molecule has 6 heteroatoms. The van der Waals surface area contributed by atoms with Gasteiger partial charge in [-0.25, -0.2) is 4.98 Å². The van der Waals surface area contributed by atoms with Crippen LogP contribution in [-0.4, -0.2) is 25.7 Å². The number of carbonyl (C=O) groups is 1. The Hall–Kier alpha value is -2.34. The van der Waals surface area contributed by atoms with Gasteiger partial charge in [-0.15, -0.1) is 0 Å². The van der Waals surface area contributed by atoms with E-state index in [1.165, 1.54) is 11.8 Å². The zero-order valence-electron chi connectivity index (χ0n) is 17.0. The Balaban J connectivity index is 1.91. The van der Waals surface area contributed by atoms with Crippen LogP contribution >= 0.6 is 11.8 Å². The molecule has 0 atom stereocenters. The monoisotopic (exact) mass is 397 g/mol. The molecule has 0 fully saturated rings. The summed E-state index contributed by atoms with van der Waals surface area (Å²) in [5.41, 5.74) is 3.50. The fourth-order valence-electron chi connectivity index (χ4n) is 3.55. The van der Waals surface area contributed by atoms with Gasteiger partial charge in [-0.1, -0.05) is 37.2 Å². The van der Waals surface area contributed by atoms with Crippen molar-refractivity contribution in [1.29, 1.82) is 0 Å². The van der Waals surface area contributed by atoms with E-state index in [0.717, 1.165) is 36.3 Å². The number of rotatable bonds is 8. The van der Waals surface area contributed by atoms with Crippen LogP contribution in [0.5, 0.6) is 0 Å². The number of benzene rings is 1. The fraction of sp³-hybridized carbons (Fsp3) is 0.409. The molecule has 0 saturated carbocycles. The van der Waals surface area contributed by atoms with E-state index in [9.17, 15) is 9.59 Å². The number of ketones is 1. The average Bonchev–Trinajstić information content (AvgIpc) is 2.99. The molecule has 0 aliphatic carbocycles. The summed E-state index contributed by atoms with van der Waals surface area (Å²) in [4.78, 5) is 30.5. The third-order valence-electron chi connectivity index (χ3n) is 5.08. The molecule has 28 heavy (non-hydrogen) atoms. The zero-order valence-corrected chi connectivity index (χ0v) is 17.8. The molecule has 0 aliphatic rings. The van der Waals surface area contributed by atoms with Gasteiger partial charge in [-0.05, 0) is 45.4 Å². The molecule has 1 aromatic carbocycles. The third kappa shape index (κ3) is 3.92. The molecule has 5 nitrogen and oxygen atoms in total. The van der Waals surface area contributed by atoms with Gasteiger partial charge in [0, 0.05) is 30.0 Å². The van der Waals surface area contributed by atoms with Crippen LogP contribution in [0.15, 0.2) is 40.3 Å². The number of hydrogen-bond acceptors (Lipinski definition) is 4. The van der Waals surface area contributed by atoms with Gasteiger partial charge in [0.1, 0.15) is 0 Å². The smallest absolute Gasteiger partial charge is 0.262 e. The number of carbonyl (C=O) groups excluding carboxylic acids is 1. The Morgan fingerprint density at radius 3 is 2.57 bits per heavy atom. The van der Waals surface area contributed by atoms with E-state index in [1.54, 1.807) is 4.57 Å². The highest BCUT2D eigenvalue weighted by molar-refractivity contribution is 7.99. The van der Waals surface area contributed by atoms with Crippen LogP contribution in [0.4, 0.5) is 0 Å². The van der Waals surface area contributed by atoms with E-state index >= 15 is 0 Å². The molecule has 3 aromatic rings. The minimum absolute atomic E-state index is 0.0295. The summed E-state index contributed by atoms with van der Waals surface area (Å²) in [5.74, 6) is 0.340. The summed E-state index contributed by atoms with van der Waals surface area (Å²) >= 11 is 1.35. The first kappa shape index (κ1) is 20.4. The fourth-order valence-corrected chi connectivity index (χ4v) is 4.46. The van der Waals surface area contributed by atoms with Gasteiger partial charge in [-0.2, -0.15) is 0 Å². The van der Waals surface area contributed by atoms with Crippen LogP contribution in [0.25, 0.3) is 10.9 Å². The van der Waals surface area contributed by atoms with E-state index in [2.05, 4.69) is 23.4 Å². The minimum atomic E-state index is -0.0295. The normalized spacial score (nSPS) is 11.3. The SMILES string of the molecule is CCCCn1c(SCC(=O)c2cc(C)n(CC)c2C)nc2ccccc2c1=O. The van der Waals surface area contributed by atoms with Crippen molar-refractivity contribution in [3.63, 3.8) is 0 Å². The number of aryl methyl sites for hydroxylation is 1. The second kappa shape index (κ2) is 8.78. The molecule has 0 unspecified atom stereocenters. The highest BCUT2D eigenvalue weighted by atomic mass is 32.2. The van der Waals surface area contributed by atoms with Crippen molar-refractivity contribution in [2.24, 2.45) is 0 Å². The van der Waals surface area contributed by atoms with Gasteiger partial charge in [0.2, 0.25) is 0 Å². The second-order valence-electron chi connectivity index (χ2n) is 6.96. The Morgan fingerprint density at radius 1 is 1.14 bits per heavy atom. The van der Waals surface area contributed by atoms with Crippen molar-refractivity contribution in [3.8, 4) is 0 Å². The number of aromatic nitrogens is 3. The topological polar surface area (TPSA) is 56.9 Å². The van der Waals surface area contributed by atoms with Crippen molar-refractivity contribution in [2.45, 2.75) is 58.8 Å². The van der Waals surface area contributed by atoms with Crippen molar-refractivity contribution in [3.05, 3.63) is 57.6 Å². The zero-order chi connectivity index (χ0) is 20.3. The molecule has 0 amide bonds. The molecule has 0 radical (unpaired) electrons. The summed E-state index contributed by atoms with van der Waals surface area (Å²) in [6.07, 6.45) is 1.89. The number of para-hydroxylation sites is 1. The molecule has 0 spiro atoms. The molecule has 0 saturated heterocycles. The summed E-state index contributed by atoms with van der Waals surface area (Å²) in [6, 6.07) is 9.35. The van der Waals surface area contributed by atoms with E-state index < -0.39 is 0 Å². The predicted molar refractivity (Wildman–Crippen MR) is 116 cm³/mol. The van der Waals surface area contributed by atoms with Crippen LogP contribution in [-0.2, 0) is 13.1 Å². The first-order valence-corrected chi connectivity index (χ1v) is 10.8. The highest BCUT2D eigenvalue weighted by Crippen LogP contribution is 2.22. The molecule has 0 N–H and O–H groups in total. The highest BCUT2D eigenvalue weighted by Gasteiger charge is 2.17. The van der Waals surface area contributed by atoms with E-state index in [4.69, 9.17) is 0 Å². The van der Waals surface area contributed by atoms with Crippen molar-refractivity contribution in [1.82, 2.24) is 14.1 Å². The Bertz CT molecular complexity index is 1070. The molecule has 2 heterocycles. The van der Waals surface area contributed by atoms with Gasteiger partial charge >= 0.3 is 0 Å². The first-order valence-electron chi connectivity index (χ1n) is 9.80. The van der Waals surface area contributed by atoms with Crippen LogP contribution in [0, 0.1) is 13.8 Å². The summed E-state index contributed by atoms with van der Waals surface area (Å²) in [6.45, 7) is 9.65. The molecule has 0 bridgehead atoms. The summed E-state index contributed by atoms with van der Waals surface area (Å²) in [5, 5.41) is 1.25. The van der Waals surface area contributed by atoms with Gasteiger partial charge in [-0.3, -0.25) is 14.2 Å². The number of fused-ring (bicyclic) bond motifs is 1. The van der Waals surface area contributed by atoms with Gasteiger partial charge in [0.25, 0.3) is 5.56 Å². The number of Topliss-reactive ketones (excluding diaryl/α,β-unsaturated/α-hetero) is 1. The van der Waals surface area contributed by atoms with Crippen LogP contribution in [0.1, 0.15) is 48.4 Å². The maximum atomic E-state index is 12.9. The maximum absolute atomic E-state index is 12.9. The van der Waals surface area contributed by atoms with Crippen LogP contribution in [0.2, 0.25) is 0 Å². The van der Waals surface area contributed by atoms with Crippen molar-refractivity contribution in [2.75, 3.05) is 5.75 Å². The number of unbranched alkanes of at least 4 members (excludes halogenated alkanes) is 1. The Labute approximate surface area is 169 Å². The van der Waals surface area contributed by atoms with Crippen LogP contribution < -0.4 is 5.56 Å². The van der Waals surface area contributed by atoms with Crippen molar-refractivity contribution < 1.29 is 4.79 Å². The number of hydrogen-bond donors (Lipinski definition) is 0. The quantitative estimate of drug-likeness (QED) is 0.316. The first-order chi connectivity index (χ1) is 13.5. The summed E-state index contributed by atoms with van der Waals surface area (Å²) in [7, 11) is 0. The van der Waals surface area contributed by atoms with Crippen LogP contribution in [0.3, 0.4) is 0 Å². The van der Waals surface area contributed by atoms with Gasteiger partial charge < -0.3 is 4.57 Å². The number of thioether (sulfide) groups is 1. The Morgan fingerprint density at radius 2 is 1.89 bits per heavy atom. The maximum Gasteiger partial charge on any atom is 0.262 e. The standard InChI is InChI=1S/C22H27N3O2S/c1-5-7-12-25-21(27)17-10-8-9-11-19(17)23-22(25)28-14-20(26)18-13-15(3)24(6-2)16(18)4/h8-11,13H,5-7,12,14H2,1-4H3. The lowest BCUT2D eigenvalue weighted by Gasteiger charge is -2.12. The average molecular weight is 398 g/mol. The molecular weight excluding hydrogens is 370 g/mol. The second-order valence-corrected chi connectivity index (χ2v) is 7.91. The summed E-state index contributed by atoms with van der Waals surface area (Å²) < 4.78 is 3.86. The molecule has 0 aliphatic heterocycles. The molecular formula is C22H27N3O2S. The lowest BCUT2D eigenvalue weighted by molar-refractivity contribution is 0.102. The van der Waals surface area contributed by atoms with Gasteiger partial charge in [0.05, 0.1) is 16.7 Å². The number of nitrogens with zero attached hydrogens (tertiary/aromatic N) is 3.